The third-order valence-electron chi connectivity index (χ3n) is 3.34. The van der Waals surface area contributed by atoms with Gasteiger partial charge in [-0.05, 0) is 38.8 Å². The summed E-state index contributed by atoms with van der Waals surface area (Å²) in [6.07, 6.45) is -0.0517. The van der Waals surface area contributed by atoms with Gasteiger partial charge < -0.3 is 4.74 Å². The molecule has 0 aliphatic rings. The van der Waals surface area contributed by atoms with Gasteiger partial charge in [0.25, 0.3) is 10.0 Å². The van der Waals surface area contributed by atoms with Crippen LogP contribution < -0.4 is 9.46 Å². The highest BCUT2D eigenvalue weighted by atomic mass is 32.2. The minimum Gasteiger partial charge on any atom is -0.493 e. The maximum absolute atomic E-state index is 12.2. The number of hydrogen-bond donors (Lipinski definition) is 1. The molecule has 8 heteroatoms. The first-order chi connectivity index (χ1) is 11.2. The van der Waals surface area contributed by atoms with Gasteiger partial charge in [0.1, 0.15) is 5.75 Å². The Labute approximate surface area is 145 Å². The molecule has 0 atom stereocenters. The Kier molecular flexibility index (Phi) is 5.61. The minimum absolute atomic E-state index is 0.0517. The quantitative estimate of drug-likeness (QED) is 0.847. The summed E-state index contributed by atoms with van der Waals surface area (Å²) in [5.74, 6) is 0.119. The van der Waals surface area contributed by atoms with Crippen LogP contribution in [0.15, 0.2) is 22.4 Å². The van der Waals surface area contributed by atoms with E-state index in [1.54, 1.807) is 13.8 Å². The van der Waals surface area contributed by atoms with Crippen molar-refractivity contribution < 1.29 is 17.9 Å². The molecule has 1 N–H and O–H groups in total. The summed E-state index contributed by atoms with van der Waals surface area (Å²) in [5, 5.41) is 0.638. The molecule has 0 radical (unpaired) electrons. The number of hydrogen-bond acceptors (Lipinski definition) is 6. The van der Waals surface area contributed by atoms with Gasteiger partial charge in [0.15, 0.2) is 4.21 Å². The Bertz CT molecular complexity index is 837. The van der Waals surface area contributed by atoms with Crippen LogP contribution in [-0.4, -0.2) is 25.9 Å². The maximum Gasteiger partial charge on any atom is 0.275 e. The van der Waals surface area contributed by atoms with Gasteiger partial charge in [-0.2, -0.15) is 0 Å². The zero-order valence-corrected chi connectivity index (χ0v) is 15.7. The van der Waals surface area contributed by atoms with Crippen LogP contribution in [0.2, 0.25) is 0 Å². The molecule has 0 aliphatic heterocycles. The van der Waals surface area contributed by atoms with Crippen LogP contribution in [-0.2, 0) is 14.8 Å². The number of ether oxygens (including phenoxy) is 1. The number of thiazole rings is 1. The van der Waals surface area contributed by atoms with Crippen LogP contribution in [0.1, 0.15) is 28.2 Å². The molecule has 2 aromatic rings. The van der Waals surface area contributed by atoms with E-state index >= 15 is 0 Å². The summed E-state index contributed by atoms with van der Waals surface area (Å²) in [6, 6.07) is 5.76. The summed E-state index contributed by atoms with van der Waals surface area (Å²) in [7, 11) is -3.88. The lowest BCUT2D eigenvalue weighted by Gasteiger charge is -2.11. The number of amides is 1. The molecule has 130 valence electrons. The van der Waals surface area contributed by atoms with Gasteiger partial charge in [-0.3, -0.25) is 4.79 Å². The van der Waals surface area contributed by atoms with Crippen LogP contribution in [0.5, 0.6) is 5.75 Å². The average molecular weight is 368 g/mol. The molecule has 1 heterocycles. The standard InChI is InChI=1S/C16H20N2O4S2/c1-10-6-5-7-11(2)15(10)22-9-8-14(19)18-24(20,21)16-12(3)17-13(4)23-16/h5-7H,8-9H2,1-4H3,(H,18,19). The second-order valence-corrected chi connectivity index (χ2v) is 8.53. The number of rotatable bonds is 6. The number of aromatic nitrogens is 1. The molecule has 2 rings (SSSR count). The molecule has 0 unspecified atom stereocenters. The van der Waals surface area contributed by atoms with Gasteiger partial charge in [0.2, 0.25) is 5.91 Å². The van der Waals surface area contributed by atoms with Crippen LogP contribution in [0.25, 0.3) is 0 Å². The maximum atomic E-state index is 12.2. The smallest absolute Gasteiger partial charge is 0.275 e. The normalized spacial score (nSPS) is 11.3. The van der Waals surface area contributed by atoms with Gasteiger partial charge in [0.05, 0.1) is 23.7 Å². The zero-order valence-electron chi connectivity index (χ0n) is 14.0. The topological polar surface area (TPSA) is 85.4 Å². The van der Waals surface area contributed by atoms with Gasteiger partial charge in [-0.25, -0.2) is 18.1 Å². The molecule has 6 nitrogen and oxygen atoms in total. The van der Waals surface area contributed by atoms with Crippen LogP contribution >= 0.6 is 11.3 Å². The first-order valence-corrected chi connectivity index (χ1v) is 9.69. The van der Waals surface area contributed by atoms with Gasteiger partial charge >= 0.3 is 0 Å². The molecule has 0 saturated heterocycles. The van der Waals surface area contributed by atoms with Crippen LogP contribution in [0, 0.1) is 27.7 Å². The van der Waals surface area contributed by atoms with E-state index in [0.29, 0.717) is 10.7 Å². The van der Waals surface area contributed by atoms with Crippen molar-refractivity contribution in [2.24, 2.45) is 0 Å². The second kappa shape index (κ2) is 7.31. The summed E-state index contributed by atoms with van der Waals surface area (Å²) >= 11 is 1.04. The van der Waals surface area contributed by atoms with Crippen molar-refractivity contribution in [3.63, 3.8) is 0 Å². The predicted molar refractivity (Wildman–Crippen MR) is 92.9 cm³/mol. The first-order valence-electron chi connectivity index (χ1n) is 7.39. The van der Waals surface area contributed by atoms with Crippen molar-refractivity contribution in [1.82, 2.24) is 9.71 Å². The van der Waals surface area contributed by atoms with Gasteiger partial charge in [0, 0.05) is 0 Å². The van der Waals surface area contributed by atoms with E-state index in [-0.39, 0.29) is 17.2 Å². The Balaban J connectivity index is 1.95. The summed E-state index contributed by atoms with van der Waals surface area (Å²) in [5.41, 5.74) is 2.34. The molecule has 0 saturated carbocycles. The second-order valence-electron chi connectivity index (χ2n) is 5.45. The summed E-state index contributed by atoms with van der Waals surface area (Å²) in [6.45, 7) is 7.26. The van der Waals surface area contributed by atoms with E-state index in [1.165, 1.54) is 0 Å². The Morgan fingerprint density at radius 2 is 1.83 bits per heavy atom. The van der Waals surface area contributed by atoms with Gasteiger partial charge in [-0.1, -0.05) is 18.2 Å². The first kappa shape index (κ1) is 18.4. The number of nitrogens with zero attached hydrogens (tertiary/aromatic N) is 1. The number of nitrogens with one attached hydrogen (secondary N) is 1. The zero-order chi connectivity index (χ0) is 17.9. The number of carbonyl (C=O) groups is 1. The van der Waals surface area contributed by atoms with E-state index in [4.69, 9.17) is 4.74 Å². The highest BCUT2D eigenvalue weighted by Gasteiger charge is 2.23. The van der Waals surface area contributed by atoms with Crippen molar-refractivity contribution in [3.8, 4) is 5.75 Å². The average Bonchev–Trinajstić information content (AvgIpc) is 2.81. The fourth-order valence-electron chi connectivity index (χ4n) is 2.28. The number of benzene rings is 1. The lowest BCUT2D eigenvalue weighted by molar-refractivity contribution is -0.119. The molecule has 1 aromatic heterocycles. The molecule has 0 bridgehead atoms. The predicted octanol–water partition coefficient (Wildman–Crippen LogP) is 2.65. The number of aryl methyl sites for hydroxylation is 4. The fraction of sp³-hybridized carbons (Fsp3) is 0.375. The minimum atomic E-state index is -3.88. The van der Waals surface area contributed by atoms with Crippen LogP contribution in [0.3, 0.4) is 0 Å². The highest BCUT2D eigenvalue weighted by molar-refractivity contribution is 7.92. The molecule has 0 aliphatic carbocycles. The van der Waals surface area contributed by atoms with Crippen molar-refractivity contribution in [3.05, 3.63) is 40.0 Å². The van der Waals surface area contributed by atoms with Crippen LogP contribution in [0.4, 0.5) is 0 Å². The van der Waals surface area contributed by atoms with Crippen molar-refractivity contribution >= 4 is 27.3 Å². The number of sulfonamides is 1. The molecular formula is C16H20N2O4S2. The van der Waals surface area contributed by atoms with Crippen molar-refractivity contribution in [2.45, 2.75) is 38.3 Å². The Morgan fingerprint density at radius 3 is 2.38 bits per heavy atom. The molecule has 1 amide bonds. The SMILES string of the molecule is Cc1nc(C)c(S(=O)(=O)NC(=O)CCOc2c(C)cccc2C)s1. The Morgan fingerprint density at radius 1 is 1.21 bits per heavy atom. The van der Waals surface area contributed by atoms with E-state index in [0.717, 1.165) is 28.2 Å². The van der Waals surface area contributed by atoms with Crippen molar-refractivity contribution in [2.75, 3.05) is 6.61 Å². The van der Waals surface area contributed by atoms with E-state index in [9.17, 15) is 13.2 Å². The fourth-order valence-corrected chi connectivity index (χ4v) is 4.78. The third kappa shape index (κ3) is 4.33. The lowest BCUT2D eigenvalue weighted by atomic mass is 10.1. The van der Waals surface area contributed by atoms with E-state index in [1.807, 2.05) is 32.0 Å². The molecule has 1 aromatic carbocycles. The lowest BCUT2D eigenvalue weighted by Crippen LogP contribution is -2.31. The molecular weight excluding hydrogens is 348 g/mol. The number of carbonyl (C=O) groups excluding carboxylic acids is 1. The Hall–Kier alpha value is -1.93. The van der Waals surface area contributed by atoms with Gasteiger partial charge in [-0.15, -0.1) is 11.3 Å². The summed E-state index contributed by atoms with van der Waals surface area (Å²) < 4.78 is 32.2. The summed E-state index contributed by atoms with van der Waals surface area (Å²) in [4.78, 5) is 16.0. The highest BCUT2D eigenvalue weighted by Crippen LogP contribution is 2.23. The largest absolute Gasteiger partial charge is 0.493 e. The molecule has 0 spiro atoms. The van der Waals surface area contributed by atoms with Crippen molar-refractivity contribution in [1.29, 1.82) is 0 Å². The van der Waals surface area contributed by atoms with E-state index in [2.05, 4.69) is 9.71 Å². The molecule has 0 fully saturated rings. The van der Waals surface area contributed by atoms with E-state index < -0.39 is 15.9 Å². The number of para-hydroxylation sites is 1. The third-order valence-corrected chi connectivity index (χ3v) is 6.39. The molecule has 24 heavy (non-hydrogen) atoms. The monoisotopic (exact) mass is 368 g/mol.